The van der Waals surface area contributed by atoms with Crippen LogP contribution in [0.3, 0.4) is 0 Å². The van der Waals surface area contributed by atoms with Crippen molar-refractivity contribution < 1.29 is 4.79 Å². The Morgan fingerprint density at radius 2 is 1.65 bits per heavy atom. The number of benzene rings is 2. The third-order valence-electron chi connectivity index (χ3n) is 3.73. The predicted octanol–water partition coefficient (Wildman–Crippen LogP) is 3.76. The van der Waals surface area contributed by atoms with Crippen molar-refractivity contribution in [2.24, 2.45) is 0 Å². The molecule has 0 spiro atoms. The van der Waals surface area contributed by atoms with Gasteiger partial charge in [0.25, 0.3) is 0 Å². The first-order valence-corrected chi connectivity index (χ1v) is 6.94. The molecule has 0 fully saturated rings. The van der Waals surface area contributed by atoms with Gasteiger partial charge in [0.15, 0.2) is 0 Å². The van der Waals surface area contributed by atoms with E-state index in [2.05, 4.69) is 26.0 Å². The summed E-state index contributed by atoms with van der Waals surface area (Å²) < 4.78 is 0. The Balaban J connectivity index is 2.03. The molecule has 0 aliphatic rings. The fourth-order valence-corrected chi connectivity index (χ4v) is 2.18. The molecule has 2 aromatic carbocycles. The maximum absolute atomic E-state index is 12.3. The molecule has 0 saturated heterocycles. The van der Waals surface area contributed by atoms with E-state index >= 15 is 0 Å². The second-order valence-corrected chi connectivity index (χ2v) is 5.25. The summed E-state index contributed by atoms with van der Waals surface area (Å²) in [6.07, 6.45) is 0.452. The summed E-state index contributed by atoms with van der Waals surface area (Å²) in [4.78, 5) is 14.2. The zero-order valence-electron chi connectivity index (χ0n) is 12.3. The molecule has 1 atom stereocenters. The van der Waals surface area contributed by atoms with Gasteiger partial charge in [-0.3, -0.25) is 4.79 Å². The van der Waals surface area contributed by atoms with E-state index in [1.807, 2.05) is 54.4 Å². The fraction of sp³-hybridized carbons (Fsp3) is 0.278. The smallest absolute Gasteiger partial charge is 0.227 e. The highest BCUT2D eigenvalue weighted by Crippen LogP contribution is 2.19. The van der Waals surface area contributed by atoms with Crippen LogP contribution in [0, 0.1) is 6.92 Å². The van der Waals surface area contributed by atoms with Crippen LogP contribution in [0.15, 0.2) is 54.6 Å². The Hall–Kier alpha value is -2.09. The summed E-state index contributed by atoms with van der Waals surface area (Å²) in [5.74, 6) is 0.144. The Kier molecular flexibility index (Phi) is 4.57. The summed E-state index contributed by atoms with van der Waals surface area (Å²) in [5, 5.41) is 0. The quantitative estimate of drug-likeness (QED) is 0.826. The maximum Gasteiger partial charge on any atom is 0.227 e. The molecule has 0 aromatic heterocycles. The molecule has 0 radical (unpaired) electrons. The molecule has 2 rings (SSSR count). The first kappa shape index (κ1) is 14.3. The zero-order valence-corrected chi connectivity index (χ0v) is 12.3. The van der Waals surface area contributed by atoms with Crippen molar-refractivity contribution in [3.05, 3.63) is 71.3 Å². The molecule has 1 unspecified atom stereocenters. The number of hydrogen-bond donors (Lipinski definition) is 0. The van der Waals surface area contributed by atoms with Crippen LogP contribution in [0.2, 0.25) is 0 Å². The topological polar surface area (TPSA) is 20.3 Å². The minimum atomic E-state index is 0.0918. The maximum atomic E-state index is 12.3. The average molecular weight is 267 g/mol. The lowest BCUT2D eigenvalue weighted by atomic mass is 10.1. The minimum Gasteiger partial charge on any atom is -0.339 e. The zero-order chi connectivity index (χ0) is 14.5. The second-order valence-electron chi connectivity index (χ2n) is 5.25. The third-order valence-corrected chi connectivity index (χ3v) is 3.73. The highest BCUT2D eigenvalue weighted by molar-refractivity contribution is 5.79. The van der Waals surface area contributed by atoms with Crippen molar-refractivity contribution in [2.45, 2.75) is 26.3 Å². The van der Waals surface area contributed by atoms with E-state index in [1.165, 1.54) is 5.56 Å². The molecule has 0 bridgehead atoms. The highest BCUT2D eigenvalue weighted by atomic mass is 16.2. The highest BCUT2D eigenvalue weighted by Gasteiger charge is 2.17. The Morgan fingerprint density at radius 1 is 1.05 bits per heavy atom. The number of carbonyl (C=O) groups is 1. The average Bonchev–Trinajstić information content (AvgIpc) is 2.49. The molecule has 0 aliphatic carbocycles. The monoisotopic (exact) mass is 267 g/mol. The van der Waals surface area contributed by atoms with E-state index in [4.69, 9.17) is 0 Å². The Morgan fingerprint density at radius 3 is 2.25 bits per heavy atom. The number of amides is 1. The third kappa shape index (κ3) is 3.47. The summed E-state index contributed by atoms with van der Waals surface area (Å²) in [6.45, 7) is 4.11. The van der Waals surface area contributed by atoms with Crippen molar-refractivity contribution in [1.82, 2.24) is 4.90 Å². The Bertz CT molecular complexity index is 560. The van der Waals surface area contributed by atoms with Gasteiger partial charge in [0, 0.05) is 7.05 Å². The van der Waals surface area contributed by atoms with Crippen molar-refractivity contribution >= 4 is 5.91 Å². The molecule has 2 aromatic rings. The van der Waals surface area contributed by atoms with Gasteiger partial charge in [-0.2, -0.15) is 0 Å². The van der Waals surface area contributed by atoms with Gasteiger partial charge in [0.1, 0.15) is 0 Å². The van der Waals surface area contributed by atoms with Gasteiger partial charge in [-0.1, -0.05) is 60.2 Å². The molecule has 1 amide bonds. The summed E-state index contributed by atoms with van der Waals surface area (Å²) >= 11 is 0. The van der Waals surface area contributed by atoms with Gasteiger partial charge in [0.2, 0.25) is 5.91 Å². The minimum absolute atomic E-state index is 0.0918. The van der Waals surface area contributed by atoms with Gasteiger partial charge in [-0.25, -0.2) is 0 Å². The number of hydrogen-bond acceptors (Lipinski definition) is 1. The van der Waals surface area contributed by atoms with E-state index in [9.17, 15) is 4.79 Å². The van der Waals surface area contributed by atoms with Crippen molar-refractivity contribution in [1.29, 1.82) is 0 Å². The predicted molar refractivity (Wildman–Crippen MR) is 82.5 cm³/mol. The molecule has 0 heterocycles. The van der Waals surface area contributed by atoms with Crippen LogP contribution in [-0.2, 0) is 11.2 Å². The largest absolute Gasteiger partial charge is 0.339 e. The molecule has 2 heteroatoms. The lowest BCUT2D eigenvalue weighted by molar-refractivity contribution is -0.131. The number of rotatable bonds is 4. The summed E-state index contributed by atoms with van der Waals surface area (Å²) in [5.41, 5.74) is 3.44. The first-order valence-electron chi connectivity index (χ1n) is 6.94. The van der Waals surface area contributed by atoms with Crippen molar-refractivity contribution in [2.75, 3.05) is 7.05 Å². The van der Waals surface area contributed by atoms with Gasteiger partial charge in [0.05, 0.1) is 12.5 Å². The molecule has 0 saturated carbocycles. The SMILES string of the molecule is Cc1ccc(CC(=O)N(C)C(C)c2ccccc2)cc1. The fourth-order valence-electron chi connectivity index (χ4n) is 2.18. The molecule has 104 valence electrons. The van der Waals surface area contributed by atoms with E-state index in [0.717, 1.165) is 11.1 Å². The van der Waals surface area contributed by atoms with Crippen LogP contribution in [0.5, 0.6) is 0 Å². The van der Waals surface area contributed by atoms with Gasteiger partial charge in [-0.05, 0) is 25.0 Å². The van der Waals surface area contributed by atoms with Crippen molar-refractivity contribution in [3.8, 4) is 0 Å². The normalized spacial score (nSPS) is 11.9. The number of nitrogens with zero attached hydrogens (tertiary/aromatic N) is 1. The van der Waals surface area contributed by atoms with Gasteiger partial charge in [-0.15, -0.1) is 0 Å². The molecule has 20 heavy (non-hydrogen) atoms. The van der Waals surface area contributed by atoms with Crippen LogP contribution in [-0.4, -0.2) is 17.9 Å². The Labute approximate surface area is 121 Å². The van der Waals surface area contributed by atoms with Crippen LogP contribution in [0.1, 0.15) is 29.7 Å². The number of likely N-dealkylation sites (N-methyl/N-ethyl adjacent to an activating group) is 1. The second kappa shape index (κ2) is 6.38. The van der Waals surface area contributed by atoms with Crippen molar-refractivity contribution in [3.63, 3.8) is 0 Å². The standard InChI is InChI=1S/C18H21NO/c1-14-9-11-16(12-10-14)13-18(20)19(3)15(2)17-7-5-4-6-8-17/h4-12,15H,13H2,1-3H3. The first-order chi connectivity index (χ1) is 9.58. The lowest BCUT2D eigenvalue weighted by Crippen LogP contribution is -2.30. The van der Waals surface area contributed by atoms with E-state index in [0.29, 0.717) is 6.42 Å². The van der Waals surface area contributed by atoms with Crippen LogP contribution < -0.4 is 0 Å². The summed E-state index contributed by atoms with van der Waals surface area (Å²) in [6, 6.07) is 18.3. The molecular weight excluding hydrogens is 246 g/mol. The van der Waals surface area contributed by atoms with Gasteiger partial charge < -0.3 is 4.90 Å². The molecule has 0 aliphatic heterocycles. The van der Waals surface area contributed by atoms with Crippen LogP contribution in [0.25, 0.3) is 0 Å². The molecular formula is C18H21NO. The van der Waals surface area contributed by atoms with E-state index in [-0.39, 0.29) is 11.9 Å². The summed E-state index contributed by atoms with van der Waals surface area (Å²) in [7, 11) is 1.87. The van der Waals surface area contributed by atoms with Crippen LogP contribution >= 0.6 is 0 Å². The van der Waals surface area contributed by atoms with E-state index < -0.39 is 0 Å². The van der Waals surface area contributed by atoms with Crippen LogP contribution in [0.4, 0.5) is 0 Å². The molecule has 0 N–H and O–H groups in total. The molecule has 2 nitrogen and oxygen atoms in total. The number of carbonyl (C=O) groups excluding carboxylic acids is 1. The van der Waals surface area contributed by atoms with E-state index in [1.54, 1.807) is 0 Å². The lowest BCUT2D eigenvalue weighted by Gasteiger charge is -2.25. The number of aryl methyl sites for hydroxylation is 1. The van der Waals surface area contributed by atoms with Gasteiger partial charge >= 0.3 is 0 Å².